The van der Waals surface area contributed by atoms with Crippen LogP contribution in [0.25, 0.3) is 5.57 Å². The molecule has 2 aromatic rings. The Morgan fingerprint density at radius 2 is 1.58 bits per heavy atom. The van der Waals surface area contributed by atoms with Crippen molar-refractivity contribution >= 4 is 5.57 Å². The van der Waals surface area contributed by atoms with Crippen molar-refractivity contribution in [1.29, 1.82) is 0 Å². The predicted molar refractivity (Wildman–Crippen MR) is 102 cm³/mol. The predicted octanol–water partition coefficient (Wildman–Crippen LogP) is 5.90. The molecule has 0 radical (unpaired) electrons. The van der Waals surface area contributed by atoms with Crippen molar-refractivity contribution in [2.75, 3.05) is 6.61 Å². The van der Waals surface area contributed by atoms with E-state index in [4.69, 9.17) is 9.47 Å². The maximum Gasteiger partial charge on any atom is 0.120 e. The fourth-order valence-corrected chi connectivity index (χ4v) is 2.26. The lowest BCUT2D eigenvalue weighted by Crippen LogP contribution is -2.22. The second-order valence-electron chi connectivity index (χ2n) is 6.51. The highest BCUT2D eigenvalue weighted by atomic mass is 16.5. The van der Waals surface area contributed by atoms with Gasteiger partial charge >= 0.3 is 0 Å². The summed E-state index contributed by atoms with van der Waals surface area (Å²) < 4.78 is 11.5. The Bertz CT molecular complexity index is 674. The molecule has 2 nitrogen and oxygen atoms in total. The van der Waals surface area contributed by atoms with E-state index >= 15 is 0 Å². The summed E-state index contributed by atoms with van der Waals surface area (Å²) in [5, 5.41) is 0. The van der Waals surface area contributed by atoms with Gasteiger partial charge in [-0.05, 0) is 69.2 Å². The number of ether oxygens (including phenoxy) is 2. The van der Waals surface area contributed by atoms with Crippen LogP contribution in [0, 0.1) is 0 Å². The third-order valence-electron chi connectivity index (χ3n) is 3.31. The summed E-state index contributed by atoms with van der Waals surface area (Å²) in [6, 6.07) is 18.0. The van der Waals surface area contributed by atoms with E-state index in [1.165, 1.54) is 0 Å². The molecule has 0 saturated heterocycles. The number of hydrogen-bond donors (Lipinski definition) is 0. The minimum absolute atomic E-state index is 0.181. The highest BCUT2D eigenvalue weighted by Crippen LogP contribution is 2.22. The topological polar surface area (TPSA) is 18.5 Å². The van der Waals surface area contributed by atoms with Crippen molar-refractivity contribution in [2.45, 2.75) is 33.3 Å². The quantitative estimate of drug-likeness (QED) is 0.616. The minimum Gasteiger partial charge on any atom is -0.490 e. The number of benzene rings is 2. The van der Waals surface area contributed by atoms with Crippen LogP contribution in [0.4, 0.5) is 0 Å². The average molecular weight is 322 g/mol. The second kappa shape index (κ2) is 8.39. The standard InChI is InChI=1S/C22H26O2/c1-5-18(10-9-17-23-20-11-7-6-8-12-20)19-13-15-21(16-14-19)24-22(2,3)4/h5-16H,17H2,1-4H3/b10-9-,18-5+. The molecule has 24 heavy (non-hydrogen) atoms. The first-order valence-electron chi connectivity index (χ1n) is 8.28. The molecule has 0 amide bonds. The van der Waals surface area contributed by atoms with Gasteiger partial charge in [0.15, 0.2) is 0 Å². The van der Waals surface area contributed by atoms with Gasteiger partial charge in [-0.25, -0.2) is 0 Å². The van der Waals surface area contributed by atoms with Crippen LogP contribution in [-0.2, 0) is 0 Å². The molecule has 0 saturated carbocycles. The van der Waals surface area contributed by atoms with Gasteiger partial charge in [0.1, 0.15) is 23.7 Å². The molecule has 126 valence electrons. The van der Waals surface area contributed by atoms with Crippen molar-refractivity contribution in [1.82, 2.24) is 0 Å². The van der Waals surface area contributed by atoms with Crippen LogP contribution in [0.15, 0.2) is 72.8 Å². The summed E-state index contributed by atoms with van der Waals surface area (Å²) in [5.41, 5.74) is 2.14. The Morgan fingerprint density at radius 1 is 0.917 bits per heavy atom. The molecule has 0 aromatic heterocycles. The molecule has 0 aliphatic rings. The fourth-order valence-electron chi connectivity index (χ4n) is 2.26. The molecule has 2 aromatic carbocycles. The zero-order chi connectivity index (χ0) is 17.4. The van der Waals surface area contributed by atoms with Crippen LogP contribution in [0.1, 0.15) is 33.3 Å². The maximum atomic E-state index is 5.86. The van der Waals surface area contributed by atoms with Crippen molar-refractivity contribution in [3.05, 3.63) is 78.4 Å². The lowest BCUT2D eigenvalue weighted by molar-refractivity contribution is 0.131. The van der Waals surface area contributed by atoms with Gasteiger partial charge in [-0.15, -0.1) is 0 Å². The molecule has 0 aliphatic carbocycles. The van der Waals surface area contributed by atoms with E-state index in [9.17, 15) is 0 Å². The van der Waals surface area contributed by atoms with Gasteiger partial charge in [0.05, 0.1) is 0 Å². The Labute approximate surface area is 145 Å². The van der Waals surface area contributed by atoms with E-state index in [-0.39, 0.29) is 5.60 Å². The van der Waals surface area contributed by atoms with Crippen molar-refractivity contribution in [3.8, 4) is 11.5 Å². The molecule has 0 fully saturated rings. The summed E-state index contributed by atoms with van der Waals surface area (Å²) >= 11 is 0. The lowest BCUT2D eigenvalue weighted by atomic mass is 10.0. The van der Waals surface area contributed by atoms with Gasteiger partial charge in [0.25, 0.3) is 0 Å². The van der Waals surface area contributed by atoms with Crippen molar-refractivity contribution in [3.63, 3.8) is 0 Å². The minimum atomic E-state index is -0.181. The first-order valence-corrected chi connectivity index (χ1v) is 8.28. The smallest absolute Gasteiger partial charge is 0.120 e. The number of rotatable bonds is 6. The van der Waals surface area contributed by atoms with Crippen LogP contribution in [0.2, 0.25) is 0 Å². The molecular weight excluding hydrogens is 296 g/mol. The molecular formula is C22H26O2. The van der Waals surface area contributed by atoms with E-state index in [1.54, 1.807) is 0 Å². The molecule has 0 aliphatic heterocycles. The Kier molecular flexibility index (Phi) is 6.25. The van der Waals surface area contributed by atoms with Gasteiger partial charge in [0.2, 0.25) is 0 Å². The Balaban J connectivity index is 1.94. The summed E-state index contributed by atoms with van der Waals surface area (Å²) in [6.07, 6.45) is 6.21. The Morgan fingerprint density at radius 3 is 2.17 bits per heavy atom. The van der Waals surface area contributed by atoms with E-state index in [1.807, 2.05) is 76.2 Å². The van der Waals surface area contributed by atoms with E-state index in [0.717, 1.165) is 22.6 Å². The summed E-state index contributed by atoms with van der Waals surface area (Å²) in [7, 11) is 0. The third kappa shape index (κ3) is 5.96. The monoisotopic (exact) mass is 322 g/mol. The van der Waals surface area contributed by atoms with Crippen LogP contribution < -0.4 is 9.47 Å². The maximum absolute atomic E-state index is 5.86. The van der Waals surface area contributed by atoms with Gasteiger partial charge < -0.3 is 9.47 Å². The Hall–Kier alpha value is -2.48. The molecule has 0 N–H and O–H groups in total. The number of para-hydroxylation sites is 1. The van der Waals surface area contributed by atoms with Gasteiger partial charge in [-0.1, -0.05) is 42.5 Å². The summed E-state index contributed by atoms with van der Waals surface area (Å²) in [4.78, 5) is 0. The van der Waals surface area contributed by atoms with E-state index < -0.39 is 0 Å². The zero-order valence-electron chi connectivity index (χ0n) is 15.0. The first kappa shape index (κ1) is 17.9. The molecule has 0 atom stereocenters. The summed E-state index contributed by atoms with van der Waals surface area (Å²) in [5.74, 6) is 1.77. The van der Waals surface area contributed by atoms with Crippen LogP contribution in [-0.4, -0.2) is 12.2 Å². The third-order valence-corrected chi connectivity index (χ3v) is 3.31. The van der Waals surface area contributed by atoms with Gasteiger partial charge in [-0.3, -0.25) is 0 Å². The van der Waals surface area contributed by atoms with Crippen LogP contribution >= 0.6 is 0 Å². The molecule has 0 heterocycles. The zero-order valence-corrected chi connectivity index (χ0v) is 15.0. The number of hydrogen-bond acceptors (Lipinski definition) is 2. The second-order valence-corrected chi connectivity index (χ2v) is 6.51. The average Bonchev–Trinajstić information content (AvgIpc) is 2.55. The fraction of sp³-hybridized carbons (Fsp3) is 0.273. The highest BCUT2D eigenvalue weighted by molar-refractivity contribution is 5.74. The lowest BCUT2D eigenvalue weighted by Gasteiger charge is -2.21. The molecule has 0 bridgehead atoms. The summed E-state index contributed by atoms with van der Waals surface area (Å²) in [6.45, 7) is 8.74. The number of allylic oxidation sites excluding steroid dienone is 3. The van der Waals surface area contributed by atoms with E-state index in [2.05, 4.69) is 24.3 Å². The van der Waals surface area contributed by atoms with E-state index in [0.29, 0.717) is 6.61 Å². The van der Waals surface area contributed by atoms with Gasteiger partial charge in [-0.2, -0.15) is 0 Å². The first-order chi connectivity index (χ1) is 11.5. The highest BCUT2D eigenvalue weighted by Gasteiger charge is 2.11. The largest absolute Gasteiger partial charge is 0.490 e. The van der Waals surface area contributed by atoms with Crippen LogP contribution in [0.3, 0.4) is 0 Å². The van der Waals surface area contributed by atoms with Gasteiger partial charge in [0, 0.05) is 0 Å². The molecule has 2 rings (SSSR count). The van der Waals surface area contributed by atoms with Crippen molar-refractivity contribution in [2.24, 2.45) is 0 Å². The van der Waals surface area contributed by atoms with Crippen LogP contribution in [0.5, 0.6) is 11.5 Å². The van der Waals surface area contributed by atoms with Crippen molar-refractivity contribution < 1.29 is 9.47 Å². The molecule has 0 unspecified atom stereocenters. The molecule has 0 spiro atoms. The molecule has 2 heteroatoms. The normalized spacial score (nSPS) is 12.4. The SMILES string of the molecule is C/C=C(\C=C/COc1ccccc1)c1ccc(OC(C)(C)C)cc1.